The first-order valence-corrected chi connectivity index (χ1v) is 9.13. The van der Waals surface area contributed by atoms with Crippen molar-refractivity contribution in [2.75, 3.05) is 20.1 Å². The molecule has 0 saturated heterocycles. The molecule has 0 aliphatic rings. The molecule has 8 heteroatoms. The first-order chi connectivity index (χ1) is 13.0. The zero-order chi connectivity index (χ0) is 19.6. The molecule has 2 aromatic rings. The van der Waals surface area contributed by atoms with Crippen LogP contribution >= 0.6 is 23.2 Å². The maximum atomic E-state index is 12.9. The number of rotatable bonds is 7. The molecule has 5 nitrogen and oxygen atoms in total. The quantitative estimate of drug-likeness (QED) is 0.373. The molecule has 2 aromatic carbocycles. The molecule has 0 bridgehead atoms. The fourth-order valence-electron chi connectivity index (χ4n) is 2.30. The summed E-state index contributed by atoms with van der Waals surface area (Å²) in [5.74, 6) is 0.148. The number of nitrogens with zero attached hydrogens (tertiary/aromatic N) is 1. The van der Waals surface area contributed by atoms with E-state index in [9.17, 15) is 9.18 Å². The summed E-state index contributed by atoms with van der Waals surface area (Å²) < 4.78 is 12.9. The fraction of sp³-hybridized carbons (Fsp3) is 0.263. The van der Waals surface area contributed by atoms with E-state index in [1.165, 1.54) is 12.1 Å². The number of guanidine groups is 1. The third-order valence-electron chi connectivity index (χ3n) is 3.70. The van der Waals surface area contributed by atoms with E-state index >= 15 is 0 Å². The van der Waals surface area contributed by atoms with E-state index in [0.29, 0.717) is 35.6 Å². The normalized spacial score (nSPS) is 11.2. The summed E-state index contributed by atoms with van der Waals surface area (Å²) in [5.41, 5.74) is 1.66. The molecular weight excluding hydrogens is 390 g/mol. The van der Waals surface area contributed by atoms with Gasteiger partial charge in [-0.3, -0.25) is 9.79 Å². The Balaban J connectivity index is 1.68. The third-order valence-corrected chi connectivity index (χ3v) is 4.29. The first-order valence-electron chi connectivity index (χ1n) is 8.37. The number of hydrogen-bond donors (Lipinski definition) is 3. The van der Waals surface area contributed by atoms with Crippen LogP contribution in [-0.2, 0) is 17.8 Å². The summed E-state index contributed by atoms with van der Waals surface area (Å²) in [4.78, 5) is 16.0. The maximum Gasteiger partial charge on any atom is 0.224 e. The van der Waals surface area contributed by atoms with E-state index in [2.05, 4.69) is 20.9 Å². The predicted molar refractivity (Wildman–Crippen MR) is 108 cm³/mol. The Labute approximate surface area is 168 Å². The monoisotopic (exact) mass is 410 g/mol. The van der Waals surface area contributed by atoms with Gasteiger partial charge in [0.15, 0.2) is 5.96 Å². The van der Waals surface area contributed by atoms with Crippen molar-refractivity contribution < 1.29 is 9.18 Å². The van der Waals surface area contributed by atoms with Gasteiger partial charge in [0.1, 0.15) is 5.82 Å². The topological polar surface area (TPSA) is 65.5 Å². The summed E-state index contributed by atoms with van der Waals surface area (Å²) in [6, 6.07) is 11.2. The van der Waals surface area contributed by atoms with Gasteiger partial charge >= 0.3 is 0 Å². The minimum absolute atomic E-state index is 0.126. The van der Waals surface area contributed by atoms with Crippen molar-refractivity contribution in [3.05, 3.63) is 69.5 Å². The van der Waals surface area contributed by atoms with Crippen LogP contribution in [0.3, 0.4) is 0 Å². The highest BCUT2D eigenvalue weighted by Gasteiger charge is 2.05. The fourth-order valence-corrected chi connectivity index (χ4v) is 2.77. The van der Waals surface area contributed by atoms with E-state index in [1.54, 1.807) is 31.3 Å². The van der Waals surface area contributed by atoms with Gasteiger partial charge < -0.3 is 16.0 Å². The highest BCUT2D eigenvalue weighted by molar-refractivity contribution is 6.35. The second-order valence-electron chi connectivity index (χ2n) is 5.74. The standard InChI is InChI=1S/C19H21Cl2FN4O/c1-23-19(26-12-14-4-5-15(20)11-17(14)21)25-9-8-24-18(27)10-13-2-6-16(22)7-3-13/h2-7,11H,8-10,12H2,1H3,(H,24,27)(H2,23,25,26). The van der Waals surface area contributed by atoms with Crippen molar-refractivity contribution in [2.45, 2.75) is 13.0 Å². The molecule has 0 radical (unpaired) electrons. The molecule has 27 heavy (non-hydrogen) atoms. The minimum atomic E-state index is -0.317. The number of amides is 1. The van der Waals surface area contributed by atoms with Gasteiger partial charge in [-0.15, -0.1) is 0 Å². The zero-order valence-electron chi connectivity index (χ0n) is 14.9. The van der Waals surface area contributed by atoms with Gasteiger partial charge in [0.05, 0.1) is 6.42 Å². The lowest BCUT2D eigenvalue weighted by Crippen LogP contribution is -2.41. The van der Waals surface area contributed by atoms with Crippen LogP contribution in [0.5, 0.6) is 0 Å². The van der Waals surface area contributed by atoms with Gasteiger partial charge in [0.2, 0.25) is 5.91 Å². The summed E-state index contributed by atoms with van der Waals surface area (Å²) >= 11 is 12.0. The lowest BCUT2D eigenvalue weighted by molar-refractivity contribution is -0.120. The predicted octanol–water partition coefficient (Wildman–Crippen LogP) is 3.16. The Kier molecular flexibility index (Phi) is 8.36. The Morgan fingerprint density at radius 2 is 1.74 bits per heavy atom. The minimum Gasteiger partial charge on any atom is -0.355 e. The molecule has 3 N–H and O–H groups in total. The van der Waals surface area contributed by atoms with Gasteiger partial charge in [-0.2, -0.15) is 0 Å². The van der Waals surface area contributed by atoms with Crippen molar-refractivity contribution in [3.8, 4) is 0 Å². The smallest absolute Gasteiger partial charge is 0.224 e. The number of halogens is 3. The van der Waals surface area contributed by atoms with Crippen LogP contribution in [-0.4, -0.2) is 32.0 Å². The van der Waals surface area contributed by atoms with Crippen LogP contribution in [0, 0.1) is 5.82 Å². The molecule has 0 aliphatic heterocycles. The Hall–Kier alpha value is -2.31. The molecular formula is C19H21Cl2FN4O. The van der Waals surface area contributed by atoms with Crippen molar-refractivity contribution in [2.24, 2.45) is 4.99 Å². The first kappa shape index (κ1) is 21.0. The van der Waals surface area contributed by atoms with Crippen molar-refractivity contribution in [3.63, 3.8) is 0 Å². The van der Waals surface area contributed by atoms with Gasteiger partial charge in [-0.05, 0) is 35.4 Å². The number of carbonyl (C=O) groups is 1. The number of aliphatic imine (C=N–C) groups is 1. The van der Waals surface area contributed by atoms with E-state index < -0.39 is 0 Å². The third kappa shape index (κ3) is 7.45. The van der Waals surface area contributed by atoms with Crippen LogP contribution < -0.4 is 16.0 Å². The molecule has 0 aromatic heterocycles. The van der Waals surface area contributed by atoms with Crippen LogP contribution in [0.2, 0.25) is 10.0 Å². The second-order valence-corrected chi connectivity index (χ2v) is 6.59. The lowest BCUT2D eigenvalue weighted by Gasteiger charge is -2.13. The molecule has 0 unspecified atom stereocenters. The summed E-state index contributed by atoms with van der Waals surface area (Å²) in [6.45, 7) is 1.43. The molecule has 0 spiro atoms. The lowest BCUT2D eigenvalue weighted by atomic mass is 10.1. The SMILES string of the molecule is CN=C(NCCNC(=O)Cc1ccc(F)cc1)NCc1ccc(Cl)cc1Cl. The molecule has 0 aliphatic carbocycles. The Morgan fingerprint density at radius 1 is 1.04 bits per heavy atom. The molecule has 0 fully saturated rings. The number of carbonyl (C=O) groups excluding carboxylic acids is 1. The number of hydrogen-bond acceptors (Lipinski definition) is 2. The largest absolute Gasteiger partial charge is 0.355 e. The van der Waals surface area contributed by atoms with Crippen LogP contribution in [0.15, 0.2) is 47.5 Å². The molecule has 2 rings (SSSR count). The highest BCUT2D eigenvalue weighted by atomic mass is 35.5. The van der Waals surface area contributed by atoms with Gasteiger partial charge in [-0.1, -0.05) is 41.4 Å². The molecule has 1 amide bonds. The van der Waals surface area contributed by atoms with E-state index in [4.69, 9.17) is 23.2 Å². The van der Waals surface area contributed by atoms with Crippen molar-refractivity contribution >= 4 is 35.1 Å². The highest BCUT2D eigenvalue weighted by Crippen LogP contribution is 2.20. The summed E-state index contributed by atoms with van der Waals surface area (Å²) in [5, 5.41) is 10.2. The maximum absolute atomic E-state index is 12.9. The molecule has 0 atom stereocenters. The molecule has 0 saturated carbocycles. The number of benzene rings is 2. The van der Waals surface area contributed by atoms with Gasteiger partial charge in [-0.25, -0.2) is 4.39 Å². The zero-order valence-corrected chi connectivity index (χ0v) is 16.4. The Bertz CT molecular complexity index is 797. The van der Waals surface area contributed by atoms with Crippen LogP contribution in [0.25, 0.3) is 0 Å². The average Bonchev–Trinajstić information content (AvgIpc) is 2.64. The van der Waals surface area contributed by atoms with E-state index in [-0.39, 0.29) is 18.1 Å². The average molecular weight is 411 g/mol. The van der Waals surface area contributed by atoms with E-state index in [0.717, 1.165) is 11.1 Å². The van der Waals surface area contributed by atoms with Gasteiger partial charge in [0, 0.05) is 36.7 Å². The second kappa shape index (κ2) is 10.7. The molecule has 0 heterocycles. The van der Waals surface area contributed by atoms with Crippen LogP contribution in [0.1, 0.15) is 11.1 Å². The Morgan fingerprint density at radius 3 is 2.41 bits per heavy atom. The van der Waals surface area contributed by atoms with E-state index in [1.807, 2.05) is 6.07 Å². The number of nitrogens with one attached hydrogen (secondary N) is 3. The van der Waals surface area contributed by atoms with Crippen LogP contribution in [0.4, 0.5) is 4.39 Å². The summed E-state index contributed by atoms with van der Waals surface area (Å²) in [7, 11) is 1.66. The molecule has 144 valence electrons. The van der Waals surface area contributed by atoms with Crippen molar-refractivity contribution in [1.82, 2.24) is 16.0 Å². The van der Waals surface area contributed by atoms with Crippen molar-refractivity contribution in [1.29, 1.82) is 0 Å². The van der Waals surface area contributed by atoms with Gasteiger partial charge in [0.25, 0.3) is 0 Å². The summed E-state index contributed by atoms with van der Waals surface area (Å²) in [6.07, 6.45) is 0.211.